The number of thioether (sulfide) groups is 1. The molecular weight excluding hydrogens is 302 g/mol. The van der Waals surface area contributed by atoms with Crippen molar-refractivity contribution >= 4 is 34.9 Å². The molecule has 0 spiro atoms. The van der Waals surface area contributed by atoms with Crippen molar-refractivity contribution in [2.45, 2.75) is 12.8 Å². The van der Waals surface area contributed by atoms with Crippen molar-refractivity contribution in [3.05, 3.63) is 22.9 Å². The zero-order chi connectivity index (χ0) is 15.4. The van der Waals surface area contributed by atoms with Crippen molar-refractivity contribution in [1.29, 1.82) is 0 Å². The third-order valence-electron chi connectivity index (χ3n) is 3.55. The van der Waals surface area contributed by atoms with E-state index < -0.39 is 0 Å². The van der Waals surface area contributed by atoms with E-state index in [-0.39, 0.29) is 11.1 Å². The fraction of sp³-hybridized carbons (Fsp3) is 0.429. The van der Waals surface area contributed by atoms with Crippen molar-refractivity contribution in [2.24, 2.45) is 5.92 Å². The molecule has 2 aliphatic rings. The fourth-order valence-corrected chi connectivity index (χ4v) is 3.09. The van der Waals surface area contributed by atoms with Gasteiger partial charge >= 0.3 is 0 Å². The summed E-state index contributed by atoms with van der Waals surface area (Å²) in [6.45, 7) is 2.92. The van der Waals surface area contributed by atoms with Crippen LogP contribution in [0.4, 0.5) is 10.7 Å². The fourth-order valence-electron chi connectivity index (χ4n) is 2.43. The quantitative estimate of drug-likeness (QED) is 0.718. The Bertz CT molecular complexity index is 613. The van der Waals surface area contributed by atoms with Gasteiger partial charge < -0.3 is 10.6 Å². The molecular formula is C14H17N5O2S. The summed E-state index contributed by atoms with van der Waals surface area (Å²) in [4.78, 5) is 31.6. The summed E-state index contributed by atoms with van der Waals surface area (Å²) >= 11 is 0.883. The molecule has 1 aromatic rings. The minimum Gasteiger partial charge on any atom is -0.354 e. The number of carbonyl (C=O) groups is 2. The Morgan fingerprint density at radius 1 is 1.45 bits per heavy atom. The highest BCUT2D eigenvalue weighted by molar-refractivity contribution is 8.18. The summed E-state index contributed by atoms with van der Waals surface area (Å²) in [6.07, 6.45) is 5.63. The van der Waals surface area contributed by atoms with E-state index in [9.17, 15) is 9.59 Å². The first-order chi connectivity index (χ1) is 10.7. The highest BCUT2D eigenvalue weighted by Gasteiger charge is 2.25. The summed E-state index contributed by atoms with van der Waals surface area (Å²) < 4.78 is 0. The first-order valence-electron chi connectivity index (χ1n) is 7.23. The van der Waals surface area contributed by atoms with E-state index in [1.165, 1.54) is 12.8 Å². The monoisotopic (exact) mass is 319 g/mol. The third kappa shape index (κ3) is 3.83. The molecule has 1 atom stereocenters. The van der Waals surface area contributed by atoms with Crippen molar-refractivity contribution in [2.75, 3.05) is 25.0 Å². The lowest BCUT2D eigenvalue weighted by Crippen LogP contribution is -2.33. The second-order valence-electron chi connectivity index (χ2n) is 5.25. The minimum absolute atomic E-state index is 0.353. The van der Waals surface area contributed by atoms with Gasteiger partial charge in [-0.3, -0.25) is 14.9 Å². The number of nitrogens with zero attached hydrogens (tertiary/aromatic N) is 2. The zero-order valence-corrected chi connectivity index (χ0v) is 12.8. The van der Waals surface area contributed by atoms with Gasteiger partial charge in [0, 0.05) is 12.7 Å². The molecule has 3 rings (SSSR count). The maximum atomic E-state index is 11.5. The van der Waals surface area contributed by atoms with Gasteiger partial charge in [-0.2, -0.15) is 0 Å². The maximum absolute atomic E-state index is 11.5. The summed E-state index contributed by atoms with van der Waals surface area (Å²) in [5.74, 6) is 0.735. The first-order valence-corrected chi connectivity index (χ1v) is 8.05. The lowest BCUT2D eigenvalue weighted by atomic mass is 10.00. The van der Waals surface area contributed by atoms with Gasteiger partial charge in [0.2, 0.25) is 5.95 Å². The van der Waals surface area contributed by atoms with Crippen LogP contribution in [-0.2, 0) is 4.79 Å². The van der Waals surface area contributed by atoms with Crippen LogP contribution in [0, 0.1) is 5.92 Å². The number of anilines is 1. The van der Waals surface area contributed by atoms with Crippen LogP contribution in [0.5, 0.6) is 0 Å². The van der Waals surface area contributed by atoms with E-state index >= 15 is 0 Å². The Morgan fingerprint density at radius 2 is 2.36 bits per heavy atom. The molecule has 8 heteroatoms. The molecule has 2 aliphatic heterocycles. The number of piperidine rings is 1. The molecule has 7 nitrogen and oxygen atoms in total. The molecule has 0 saturated carbocycles. The average molecular weight is 319 g/mol. The number of nitrogens with one attached hydrogen (secondary N) is 3. The van der Waals surface area contributed by atoms with Crippen LogP contribution in [0.25, 0.3) is 6.08 Å². The Balaban J connectivity index is 1.63. The van der Waals surface area contributed by atoms with Gasteiger partial charge in [-0.15, -0.1) is 0 Å². The molecule has 116 valence electrons. The van der Waals surface area contributed by atoms with Gasteiger partial charge in [-0.05, 0) is 55.8 Å². The number of rotatable bonds is 4. The molecule has 0 bridgehead atoms. The molecule has 0 aliphatic carbocycles. The molecule has 3 heterocycles. The number of carbonyl (C=O) groups excluding carboxylic acids is 2. The van der Waals surface area contributed by atoms with Crippen molar-refractivity contribution in [1.82, 2.24) is 20.6 Å². The lowest BCUT2D eigenvalue weighted by Gasteiger charge is -2.22. The molecule has 1 aromatic heterocycles. The van der Waals surface area contributed by atoms with Crippen LogP contribution < -0.4 is 16.0 Å². The number of amides is 2. The summed E-state index contributed by atoms with van der Waals surface area (Å²) in [7, 11) is 0. The molecule has 2 fully saturated rings. The number of hydrogen-bond donors (Lipinski definition) is 3. The maximum Gasteiger partial charge on any atom is 0.290 e. The standard InChI is InChI=1S/C14H17N5O2S/c20-12-11(22-14(21)19-12)6-10-3-5-16-13(18-10)17-8-9-2-1-4-15-7-9/h3,5-6,9,15H,1-2,4,7-8H2,(H,16,17,18)(H,19,20,21)/t9-/m0/s1. The molecule has 3 N–H and O–H groups in total. The molecule has 2 saturated heterocycles. The third-order valence-corrected chi connectivity index (χ3v) is 4.36. The van der Waals surface area contributed by atoms with Crippen molar-refractivity contribution < 1.29 is 9.59 Å². The van der Waals surface area contributed by atoms with E-state index in [1.54, 1.807) is 18.3 Å². The van der Waals surface area contributed by atoms with E-state index in [4.69, 9.17) is 0 Å². The molecule has 0 aromatic carbocycles. The van der Waals surface area contributed by atoms with E-state index in [0.29, 0.717) is 22.5 Å². The Labute approximate surface area is 132 Å². The first kappa shape index (κ1) is 15.0. The van der Waals surface area contributed by atoms with Gasteiger partial charge in [0.25, 0.3) is 11.1 Å². The molecule has 0 unspecified atom stereocenters. The van der Waals surface area contributed by atoms with Gasteiger partial charge in [0.1, 0.15) is 0 Å². The second-order valence-corrected chi connectivity index (χ2v) is 6.27. The summed E-state index contributed by atoms with van der Waals surface area (Å²) in [5.41, 5.74) is 0.603. The van der Waals surface area contributed by atoms with Crippen LogP contribution in [0.2, 0.25) is 0 Å². The van der Waals surface area contributed by atoms with Crippen LogP contribution in [0.1, 0.15) is 18.5 Å². The van der Waals surface area contributed by atoms with Crippen LogP contribution in [0.15, 0.2) is 17.2 Å². The lowest BCUT2D eigenvalue weighted by molar-refractivity contribution is -0.115. The number of aromatic nitrogens is 2. The SMILES string of the molecule is O=C1NC(=O)C(=Cc2ccnc(NC[C@H]3CCCNC3)n2)S1. The summed E-state index contributed by atoms with van der Waals surface area (Å²) in [6, 6.07) is 1.71. The second kappa shape index (κ2) is 6.89. The highest BCUT2D eigenvalue weighted by Crippen LogP contribution is 2.25. The Hall–Kier alpha value is -1.93. The Morgan fingerprint density at radius 3 is 3.09 bits per heavy atom. The van der Waals surface area contributed by atoms with Crippen molar-refractivity contribution in [3.63, 3.8) is 0 Å². The zero-order valence-electron chi connectivity index (χ0n) is 12.0. The minimum atomic E-state index is -0.378. The Kier molecular flexibility index (Phi) is 4.69. The predicted octanol–water partition coefficient (Wildman–Crippen LogP) is 1.21. The van der Waals surface area contributed by atoms with E-state index in [1.807, 2.05) is 0 Å². The van der Waals surface area contributed by atoms with E-state index in [0.717, 1.165) is 31.4 Å². The smallest absolute Gasteiger partial charge is 0.290 e. The predicted molar refractivity (Wildman–Crippen MR) is 85.2 cm³/mol. The highest BCUT2D eigenvalue weighted by atomic mass is 32.2. The molecule has 2 amide bonds. The van der Waals surface area contributed by atoms with Gasteiger partial charge in [0.15, 0.2) is 0 Å². The van der Waals surface area contributed by atoms with Crippen LogP contribution in [0.3, 0.4) is 0 Å². The van der Waals surface area contributed by atoms with Crippen molar-refractivity contribution in [3.8, 4) is 0 Å². The van der Waals surface area contributed by atoms with Gasteiger partial charge in [-0.1, -0.05) is 0 Å². The largest absolute Gasteiger partial charge is 0.354 e. The number of imide groups is 1. The number of hydrogen-bond acceptors (Lipinski definition) is 7. The normalized spacial score (nSPS) is 23.6. The van der Waals surface area contributed by atoms with Gasteiger partial charge in [0.05, 0.1) is 10.6 Å². The van der Waals surface area contributed by atoms with Crippen LogP contribution in [-0.4, -0.2) is 40.7 Å². The average Bonchev–Trinajstić information content (AvgIpc) is 2.84. The van der Waals surface area contributed by atoms with Gasteiger partial charge in [-0.25, -0.2) is 9.97 Å². The topological polar surface area (TPSA) is 96.0 Å². The summed E-state index contributed by atoms with van der Waals surface area (Å²) in [5, 5.41) is 8.47. The van der Waals surface area contributed by atoms with Crippen LogP contribution >= 0.6 is 11.8 Å². The molecule has 0 radical (unpaired) electrons. The van der Waals surface area contributed by atoms with E-state index in [2.05, 4.69) is 25.9 Å². The molecule has 22 heavy (non-hydrogen) atoms.